The van der Waals surface area contributed by atoms with E-state index in [1.165, 1.54) is 20.4 Å². The number of nitrogens with two attached hydrogens (primary N) is 1. The molecule has 0 radical (unpaired) electrons. The highest BCUT2D eigenvalue weighted by Crippen LogP contribution is 2.29. The predicted molar refractivity (Wildman–Crippen MR) is 71.0 cm³/mol. The van der Waals surface area contributed by atoms with Crippen molar-refractivity contribution < 1.29 is 14.3 Å². The molecule has 0 aliphatic rings. The van der Waals surface area contributed by atoms with Crippen molar-refractivity contribution in [1.82, 2.24) is 19.9 Å². The highest BCUT2D eigenvalue weighted by Gasteiger charge is 2.17. The molecule has 104 valence electrons. The van der Waals surface area contributed by atoms with Crippen LogP contribution in [0.3, 0.4) is 0 Å². The number of carbonyl (C=O) groups is 1. The fourth-order valence-corrected chi connectivity index (χ4v) is 1.57. The Morgan fingerprint density at radius 1 is 1.25 bits per heavy atom. The number of rotatable bonds is 4. The van der Waals surface area contributed by atoms with Crippen molar-refractivity contribution in [2.45, 2.75) is 0 Å². The SMILES string of the molecule is COc1ncc(-c2nc(N)c(Cl)c(C=O)n2)c(OC)n1. The van der Waals surface area contributed by atoms with Crippen LogP contribution >= 0.6 is 11.6 Å². The molecular weight excluding hydrogens is 286 g/mol. The van der Waals surface area contributed by atoms with E-state index < -0.39 is 0 Å². The molecule has 2 rings (SSSR count). The second kappa shape index (κ2) is 5.66. The minimum atomic E-state index is -0.0213. The summed E-state index contributed by atoms with van der Waals surface area (Å²) >= 11 is 5.81. The maximum absolute atomic E-state index is 10.9. The highest BCUT2D eigenvalue weighted by atomic mass is 35.5. The third-order valence-electron chi connectivity index (χ3n) is 2.36. The summed E-state index contributed by atoms with van der Waals surface area (Å²) in [7, 11) is 2.85. The van der Waals surface area contributed by atoms with E-state index in [-0.39, 0.29) is 34.2 Å². The lowest BCUT2D eigenvalue weighted by Crippen LogP contribution is -2.04. The Morgan fingerprint density at radius 2 is 2.00 bits per heavy atom. The van der Waals surface area contributed by atoms with Crippen LogP contribution in [0.25, 0.3) is 11.4 Å². The number of halogens is 1. The molecular formula is C11H10ClN5O3. The zero-order valence-corrected chi connectivity index (χ0v) is 11.4. The van der Waals surface area contributed by atoms with Gasteiger partial charge in [0.05, 0.1) is 14.2 Å². The second-order valence-corrected chi connectivity index (χ2v) is 3.91. The summed E-state index contributed by atoms with van der Waals surface area (Å²) in [5, 5.41) is -0.00264. The number of ether oxygens (including phenoxy) is 2. The van der Waals surface area contributed by atoms with Crippen LogP contribution in [0.1, 0.15) is 10.5 Å². The average Bonchev–Trinajstić information content (AvgIpc) is 2.49. The van der Waals surface area contributed by atoms with Gasteiger partial charge >= 0.3 is 6.01 Å². The van der Waals surface area contributed by atoms with Crippen molar-refractivity contribution in [2.24, 2.45) is 0 Å². The van der Waals surface area contributed by atoms with Crippen LogP contribution in [0.5, 0.6) is 11.9 Å². The smallest absolute Gasteiger partial charge is 0.319 e. The summed E-state index contributed by atoms with van der Waals surface area (Å²) in [5.41, 5.74) is 5.97. The summed E-state index contributed by atoms with van der Waals surface area (Å²) in [6.45, 7) is 0. The Morgan fingerprint density at radius 3 is 2.60 bits per heavy atom. The maximum Gasteiger partial charge on any atom is 0.319 e. The summed E-state index contributed by atoms with van der Waals surface area (Å²) in [6, 6.07) is 0.128. The molecule has 0 amide bonds. The number of nitrogens with zero attached hydrogens (tertiary/aromatic N) is 4. The van der Waals surface area contributed by atoms with Gasteiger partial charge in [-0.05, 0) is 0 Å². The largest absolute Gasteiger partial charge is 0.480 e. The van der Waals surface area contributed by atoms with Gasteiger partial charge in [0.1, 0.15) is 22.1 Å². The van der Waals surface area contributed by atoms with Gasteiger partial charge in [-0.1, -0.05) is 11.6 Å². The fourth-order valence-electron chi connectivity index (χ4n) is 1.44. The van der Waals surface area contributed by atoms with Crippen LogP contribution in [0.2, 0.25) is 5.02 Å². The third kappa shape index (κ3) is 2.45. The van der Waals surface area contributed by atoms with Crippen molar-refractivity contribution >= 4 is 23.7 Å². The molecule has 0 spiro atoms. The molecule has 20 heavy (non-hydrogen) atoms. The van der Waals surface area contributed by atoms with Crippen molar-refractivity contribution in [3.8, 4) is 23.3 Å². The standard InChI is InChI=1S/C11H10ClN5O3/c1-19-10-5(3-14-11(17-10)20-2)9-15-6(4-18)7(12)8(13)16-9/h3-4H,1-2H3,(H2,13,15,16). The number of aromatic nitrogens is 4. The average molecular weight is 296 g/mol. The number of methoxy groups -OCH3 is 2. The van der Waals surface area contributed by atoms with E-state index >= 15 is 0 Å². The lowest BCUT2D eigenvalue weighted by molar-refractivity contribution is 0.111. The first-order valence-electron chi connectivity index (χ1n) is 5.34. The van der Waals surface area contributed by atoms with E-state index in [1.807, 2.05) is 0 Å². The molecule has 2 heterocycles. The molecule has 2 aromatic heterocycles. The lowest BCUT2D eigenvalue weighted by atomic mass is 10.3. The lowest BCUT2D eigenvalue weighted by Gasteiger charge is -2.08. The molecule has 0 saturated heterocycles. The predicted octanol–water partition coefficient (Wildman–Crippen LogP) is 0.999. The zero-order chi connectivity index (χ0) is 14.7. The molecule has 2 N–H and O–H groups in total. The monoisotopic (exact) mass is 295 g/mol. The highest BCUT2D eigenvalue weighted by molar-refractivity contribution is 6.34. The molecule has 0 aliphatic heterocycles. The second-order valence-electron chi connectivity index (χ2n) is 3.53. The third-order valence-corrected chi connectivity index (χ3v) is 2.75. The molecule has 0 unspecified atom stereocenters. The minimum absolute atomic E-state index is 0.00264. The van der Waals surface area contributed by atoms with Gasteiger partial charge in [-0.15, -0.1) is 0 Å². The Kier molecular flexibility index (Phi) is 3.94. The summed E-state index contributed by atoms with van der Waals surface area (Å²) in [6.07, 6.45) is 1.89. The quantitative estimate of drug-likeness (QED) is 0.831. The number of nitrogen functional groups attached to an aromatic ring is 1. The van der Waals surface area contributed by atoms with Gasteiger partial charge in [0, 0.05) is 6.20 Å². The van der Waals surface area contributed by atoms with Gasteiger partial charge in [-0.2, -0.15) is 4.98 Å². The van der Waals surface area contributed by atoms with Crippen LogP contribution in [0, 0.1) is 0 Å². The first-order chi connectivity index (χ1) is 9.60. The number of aldehydes is 1. The van der Waals surface area contributed by atoms with Crippen molar-refractivity contribution in [3.05, 3.63) is 16.9 Å². The van der Waals surface area contributed by atoms with Crippen LogP contribution in [-0.4, -0.2) is 40.4 Å². The van der Waals surface area contributed by atoms with Crippen LogP contribution in [0.4, 0.5) is 5.82 Å². The number of anilines is 1. The van der Waals surface area contributed by atoms with E-state index in [4.69, 9.17) is 26.8 Å². The van der Waals surface area contributed by atoms with E-state index in [9.17, 15) is 4.79 Å². The van der Waals surface area contributed by atoms with Gasteiger partial charge in [-0.3, -0.25) is 4.79 Å². The Balaban J connectivity index is 2.62. The summed E-state index contributed by atoms with van der Waals surface area (Å²) in [5.74, 6) is 0.306. The molecule has 2 aromatic rings. The Hall–Kier alpha value is -2.48. The topological polar surface area (TPSA) is 113 Å². The molecule has 0 saturated carbocycles. The van der Waals surface area contributed by atoms with Gasteiger partial charge in [-0.25, -0.2) is 15.0 Å². The van der Waals surface area contributed by atoms with Crippen LogP contribution in [-0.2, 0) is 0 Å². The Bertz CT molecular complexity index is 665. The fraction of sp³-hybridized carbons (Fsp3) is 0.182. The van der Waals surface area contributed by atoms with Gasteiger partial charge in [0.25, 0.3) is 0 Å². The first-order valence-corrected chi connectivity index (χ1v) is 5.72. The summed E-state index contributed by atoms with van der Waals surface area (Å²) in [4.78, 5) is 26.8. The number of hydrogen-bond donors (Lipinski definition) is 1. The molecule has 0 bridgehead atoms. The van der Waals surface area contributed by atoms with Gasteiger partial charge in [0.15, 0.2) is 12.1 Å². The minimum Gasteiger partial charge on any atom is -0.480 e. The normalized spacial score (nSPS) is 10.2. The van der Waals surface area contributed by atoms with Crippen molar-refractivity contribution in [2.75, 3.05) is 20.0 Å². The van der Waals surface area contributed by atoms with Crippen LogP contribution < -0.4 is 15.2 Å². The zero-order valence-electron chi connectivity index (χ0n) is 10.6. The molecule has 9 heteroatoms. The van der Waals surface area contributed by atoms with Gasteiger partial charge < -0.3 is 15.2 Å². The van der Waals surface area contributed by atoms with Crippen molar-refractivity contribution in [3.63, 3.8) is 0 Å². The maximum atomic E-state index is 10.9. The van der Waals surface area contributed by atoms with E-state index in [0.717, 1.165) is 0 Å². The molecule has 0 aliphatic carbocycles. The molecule has 0 aromatic carbocycles. The summed E-state index contributed by atoms with van der Waals surface area (Å²) < 4.78 is 10.0. The first kappa shape index (κ1) is 13.9. The van der Waals surface area contributed by atoms with E-state index in [1.54, 1.807) is 0 Å². The Labute approximate surface area is 118 Å². The molecule has 0 atom stereocenters. The number of hydrogen-bond acceptors (Lipinski definition) is 8. The van der Waals surface area contributed by atoms with Gasteiger partial charge in [0.2, 0.25) is 5.88 Å². The van der Waals surface area contributed by atoms with Crippen molar-refractivity contribution in [1.29, 1.82) is 0 Å². The van der Waals surface area contributed by atoms with E-state index in [2.05, 4.69) is 19.9 Å². The van der Waals surface area contributed by atoms with E-state index in [0.29, 0.717) is 11.8 Å². The number of carbonyl (C=O) groups excluding carboxylic acids is 1. The van der Waals surface area contributed by atoms with Crippen LogP contribution in [0.15, 0.2) is 6.20 Å². The molecule has 8 nitrogen and oxygen atoms in total. The molecule has 0 fully saturated rings.